The summed E-state index contributed by atoms with van der Waals surface area (Å²) < 4.78 is 12.8. The van der Waals surface area contributed by atoms with E-state index in [0.29, 0.717) is 19.8 Å². The standard InChI is InChI=1S/C56H86O2/c1-3-5-7-9-12-20-47-28-32-49(33-29-47)22-16-18-24-51-36-40-53(41-37-51)44-57-46-56(55-26-14-11-15-27-55)58-45-54-42-38-52(39-43-54)25-19-17-23-50-34-30-48(31-35-50)21-13-10-8-6-4-2/h11,14-15,26-27,36-43,47-50,56H,3-10,12-13,16-25,28-35,44-46H2,1-2H3/t47-,48-,49-,50-,56-/m0/s1. The lowest BCUT2D eigenvalue weighted by molar-refractivity contribution is -0.0313. The molecule has 0 saturated heterocycles. The molecule has 0 N–H and O–H groups in total. The first-order valence-electron chi connectivity index (χ1n) is 25.1. The van der Waals surface area contributed by atoms with E-state index < -0.39 is 0 Å². The second-order valence-electron chi connectivity index (χ2n) is 19.0. The van der Waals surface area contributed by atoms with Gasteiger partial charge in [-0.25, -0.2) is 0 Å². The Bertz CT molecular complexity index is 1400. The van der Waals surface area contributed by atoms with Crippen LogP contribution < -0.4 is 0 Å². The smallest absolute Gasteiger partial charge is 0.106 e. The van der Waals surface area contributed by atoms with Gasteiger partial charge in [0.1, 0.15) is 6.10 Å². The molecule has 58 heavy (non-hydrogen) atoms. The summed E-state index contributed by atoms with van der Waals surface area (Å²) in [5.41, 5.74) is 6.57. The van der Waals surface area contributed by atoms with Crippen LogP contribution in [0.2, 0.25) is 0 Å². The maximum Gasteiger partial charge on any atom is 0.106 e. The van der Waals surface area contributed by atoms with Crippen LogP contribution in [0.1, 0.15) is 215 Å². The van der Waals surface area contributed by atoms with Gasteiger partial charge < -0.3 is 9.47 Å². The predicted octanol–water partition coefficient (Wildman–Crippen LogP) is 16.9. The molecule has 1 atom stereocenters. The van der Waals surface area contributed by atoms with Crippen LogP contribution in [-0.4, -0.2) is 6.61 Å². The van der Waals surface area contributed by atoms with E-state index in [0.717, 1.165) is 23.7 Å². The summed E-state index contributed by atoms with van der Waals surface area (Å²) in [6.45, 7) is 6.39. The maximum atomic E-state index is 6.53. The minimum atomic E-state index is -0.0911. The fourth-order valence-corrected chi connectivity index (χ4v) is 10.2. The topological polar surface area (TPSA) is 18.5 Å². The van der Waals surface area contributed by atoms with Crippen molar-refractivity contribution in [3.8, 4) is 0 Å². The van der Waals surface area contributed by atoms with Gasteiger partial charge in [-0.1, -0.05) is 247 Å². The molecule has 2 aliphatic rings. The molecule has 0 bridgehead atoms. The molecule has 2 aliphatic carbocycles. The number of ether oxygens (including phenoxy) is 2. The highest BCUT2D eigenvalue weighted by Crippen LogP contribution is 2.36. The van der Waals surface area contributed by atoms with Crippen molar-refractivity contribution in [2.75, 3.05) is 6.61 Å². The lowest BCUT2D eigenvalue weighted by Gasteiger charge is -2.28. The maximum absolute atomic E-state index is 6.53. The fourth-order valence-electron chi connectivity index (χ4n) is 10.2. The molecule has 0 heterocycles. The zero-order chi connectivity index (χ0) is 40.3. The lowest BCUT2D eigenvalue weighted by atomic mass is 9.78. The van der Waals surface area contributed by atoms with E-state index in [4.69, 9.17) is 9.47 Å². The fraction of sp³-hybridized carbons (Fsp3) is 0.679. The van der Waals surface area contributed by atoms with Gasteiger partial charge in [0, 0.05) is 0 Å². The normalized spacial score (nSPS) is 20.3. The van der Waals surface area contributed by atoms with Crippen molar-refractivity contribution in [3.63, 3.8) is 0 Å². The van der Waals surface area contributed by atoms with Gasteiger partial charge in [0.15, 0.2) is 0 Å². The van der Waals surface area contributed by atoms with Gasteiger partial charge in [-0.15, -0.1) is 0 Å². The third-order valence-electron chi connectivity index (χ3n) is 14.2. The van der Waals surface area contributed by atoms with Gasteiger partial charge in [-0.3, -0.25) is 0 Å². The Morgan fingerprint density at radius 2 is 0.793 bits per heavy atom. The molecule has 0 spiro atoms. The summed E-state index contributed by atoms with van der Waals surface area (Å²) in [7, 11) is 0. The minimum Gasteiger partial charge on any atom is -0.374 e. The Morgan fingerprint density at radius 3 is 1.22 bits per heavy atom. The zero-order valence-electron chi connectivity index (χ0n) is 37.6. The number of rotatable bonds is 30. The summed E-state index contributed by atoms with van der Waals surface area (Å²) in [6, 6.07) is 29.0. The van der Waals surface area contributed by atoms with E-state index in [1.807, 2.05) is 0 Å². The third kappa shape index (κ3) is 18.9. The molecule has 2 heteroatoms. The molecule has 3 aromatic rings. The highest BCUT2D eigenvalue weighted by atomic mass is 16.5. The molecule has 322 valence electrons. The van der Waals surface area contributed by atoms with E-state index in [9.17, 15) is 0 Å². The van der Waals surface area contributed by atoms with E-state index >= 15 is 0 Å². The number of benzene rings is 3. The molecule has 0 radical (unpaired) electrons. The van der Waals surface area contributed by atoms with E-state index in [2.05, 4.69) is 92.7 Å². The first-order valence-corrected chi connectivity index (χ1v) is 25.1. The zero-order valence-corrected chi connectivity index (χ0v) is 37.6. The molecule has 2 saturated carbocycles. The van der Waals surface area contributed by atoms with Crippen molar-refractivity contribution in [2.24, 2.45) is 23.7 Å². The van der Waals surface area contributed by atoms with Crippen LogP contribution in [0.25, 0.3) is 0 Å². The molecular weight excluding hydrogens is 705 g/mol. The van der Waals surface area contributed by atoms with E-state index in [-0.39, 0.29) is 6.10 Å². The lowest BCUT2D eigenvalue weighted by Crippen LogP contribution is -2.14. The first-order chi connectivity index (χ1) is 28.7. The summed E-state index contributed by atoms with van der Waals surface area (Å²) in [5.74, 6) is 4.02. The Morgan fingerprint density at radius 1 is 0.414 bits per heavy atom. The second kappa shape index (κ2) is 28.9. The average Bonchev–Trinajstić information content (AvgIpc) is 3.27. The molecular formula is C56H86O2. The van der Waals surface area contributed by atoms with Crippen LogP contribution in [0.5, 0.6) is 0 Å². The highest BCUT2D eigenvalue weighted by molar-refractivity contribution is 5.24. The van der Waals surface area contributed by atoms with Gasteiger partial charge in [0.05, 0.1) is 19.8 Å². The quantitative estimate of drug-likeness (QED) is 0.0626. The van der Waals surface area contributed by atoms with Crippen LogP contribution >= 0.6 is 0 Å². The van der Waals surface area contributed by atoms with Crippen molar-refractivity contribution in [3.05, 3.63) is 107 Å². The second-order valence-corrected chi connectivity index (χ2v) is 19.0. The molecule has 0 amide bonds. The van der Waals surface area contributed by atoms with Crippen molar-refractivity contribution in [1.82, 2.24) is 0 Å². The van der Waals surface area contributed by atoms with Crippen LogP contribution in [0.4, 0.5) is 0 Å². The third-order valence-corrected chi connectivity index (χ3v) is 14.2. The van der Waals surface area contributed by atoms with Gasteiger partial charge in [-0.2, -0.15) is 0 Å². The van der Waals surface area contributed by atoms with Crippen molar-refractivity contribution < 1.29 is 9.47 Å². The first kappa shape index (κ1) is 46.6. The number of hydrogen-bond acceptors (Lipinski definition) is 2. The van der Waals surface area contributed by atoms with Gasteiger partial charge in [0.2, 0.25) is 0 Å². The van der Waals surface area contributed by atoms with Crippen molar-refractivity contribution >= 4 is 0 Å². The van der Waals surface area contributed by atoms with Crippen molar-refractivity contribution in [1.29, 1.82) is 0 Å². The Labute approximate surface area is 358 Å². The molecule has 0 aliphatic heterocycles. The number of hydrogen-bond donors (Lipinski definition) is 0. The van der Waals surface area contributed by atoms with Gasteiger partial charge >= 0.3 is 0 Å². The molecule has 5 rings (SSSR count). The van der Waals surface area contributed by atoms with Gasteiger partial charge in [-0.05, 0) is 77.2 Å². The summed E-state index contributed by atoms with van der Waals surface area (Å²) in [5, 5.41) is 0. The highest BCUT2D eigenvalue weighted by Gasteiger charge is 2.22. The Balaban J connectivity index is 0.922. The summed E-state index contributed by atoms with van der Waals surface area (Å²) in [6.07, 6.45) is 39.7. The molecule has 2 fully saturated rings. The minimum absolute atomic E-state index is 0.0911. The van der Waals surface area contributed by atoms with Crippen LogP contribution in [0, 0.1) is 23.7 Å². The van der Waals surface area contributed by atoms with Gasteiger partial charge in [0.25, 0.3) is 0 Å². The monoisotopic (exact) mass is 791 g/mol. The summed E-state index contributed by atoms with van der Waals surface area (Å²) in [4.78, 5) is 0. The summed E-state index contributed by atoms with van der Waals surface area (Å²) >= 11 is 0. The predicted molar refractivity (Wildman–Crippen MR) is 249 cm³/mol. The van der Waals surface area contributed by atoms with E-state index in [1.165, 1.54) is 208 Å². The number of unbranched alkanes of at least 4 members (excludes halogenated alkanes) is 10. The Hall–Kier alpha value is -2.42. The van der Waals surface area contributed by atoms with Crippen molar-refractivity contribution in [2.45, 2.75) is 213 Å². The van der Waals surface area contributed by atoms with Crippen LogP contribution in [-0.2, 0) is 35.5 Å². The largest absolute Gasteiger partial charge is 0.374 e. The average molecular weight is 791 g/mol. The van der Waals surface area contributed by atoms with Crippen LogP contribution in [0.15, 0.2) is 78.9 Å². The molecule has 2 nitrogen and oxygen atoms in total. The van der Waals surface area contributed by atoms with E-state index in [1.54, 1.807) is 0 Å². The molecule has 0 unspecified atom stereocenters. The van der Waals surface area contributed by atoms with Crippen LogP contribution in [0.3, 0.4) is 0 Å². The number of aryl methyl sites for hydroxylation is 2. The SMILES string of the molecule is CCCCCCC[C@H]1CC[C@H](CCCCc2ccc(COC[C@H](OCc3ccc(CCCC[C@H]4CC[C@H](CCCCCCC)CC4)cc3)c3ccccc3)cc2)CC1. The molecule has 0 aromatic heterocycles. The Kier molecular flexibility index (Phi) is 23.3. The molecule has 3 aromatic carbocycles.